The molecule has 6 nitrogen and oxygen atoms in total. The monoisotopic (exact) mass is 476 g/mol. The van der Waals surface area contributed by atoms with E-state index in [2.05, 4.69) is 22.1 Å². The van der Waals surface area contributed by atoms with E-state index in [1.165, 1.54) is 11.8 Å². The number of carbonyl (C=O) groups excluding carboxylic acids is 1. The third-order valence-corrected chi connectivity index (χ3v) is 5.96. The van der Waals surface area contributed by atoms with Crippen LogP contribution in [0.2, 0.25) is 10.0 Å². The lowest BCUT2D eigenvalue weighted by atomic mass is 10.2. The van der Waals surface area contributed by atoms with Crippen LogP contribution in [0.25, 0.3) is 0 Å². The van der Waals surface area contributed by atoms with Gasteiger partial charge in [0.05, 0.1) is 15.8 Å². The number of ether oxygens (including phenoxy) is 1. The normalized spacial score (nSPS) is 11.7. The Hall–Kier alpha value is -2.48. The van der Waals surface area contributed by atoms with Crippen LogP contribution in [0.3, 0.4) is 0 Å². The molecular formula is C22H22Cl2N4O2S. The van der Waals surface area contributed by atoms with Crippen molar-refractivity contribution in [1.29, 1.82) is 0 Å². The lowest BCUT2D eigenvalue weighted by molar-refractivity contribution is -0.113. The molecule has 0 aliphatic heterocycles. The van der Waals surface area contributed by atoms with Crippen molar-refractivity contribution in [3.8, 4) is 5.75 Å². The van der Waals surface area contributed by atoms with Gasteiger partial charge in [0.25, 0.3) is 0 Å². The molecule has 0 radical (unpaired) electrons. The number of amides is 1. The van der Waals surface area contributed by atoms with Gasteiger partial charge in [-0.1, -0.05) is 53.2 Å². The molecule has 1 heterocycles. The van der Waals surface area contributed by atoms with Gasteiger partial charge in [0.1, 0.15) is 5.75 Å². The van der Waals surface area contributed by atoms with Crippen molar-refractivity contribution >= 4 is 46.6 Å². The molecule has 3 rings (SSSR count). The lowest BCUT2D eigenvalue weighted by Crippen LogP contribution is -2.15. The molecular weight excluding hydrogens is 455 g/mol. The van der Waals surface area contributed by atoms with Crippen molar-refractivity contribution in [3.63, 3.8) is 0 Å². The van der Waals surface area contributed by atoms with E-state index in [-0.39, 0.29) is 17.8 Å². The van der Waals surface area contributed by atoms with Crippen LogP contribution in [0.1, 0.15) is 24.4 Å². The quantitative estimate of drug-likeness (QED) is 0.305. The Kier molecular flexibility index (Phi) is 8.01. The van der Waals surface area contributed by atoms with Crippen molar-refractivity contribution < 1.29 is 9.53 Å². The van der Waals surface area contributed by atoms with Gasteiger partial charge in [-0.3, -0.25) is 9.36 Å². The number of aromatic nitrogens is 3. The Labute approximate surface area is 195 Å². The molecule has 0 aliphatic rings. The fraction of sp³-hybridized carbons (Fsp3) is 0.227. The second-order valence-electron chi connectivity index (χ2n) is 6.78. The zero-order valence-corrected chi connectivity index (χ0v) is 19.5. The van der Waals surface area contributed by atoms with Crippen molar-refractivity contribution in [1.82, 2.24) is 14.8 Å². The van der Waals surface area contributed by atoms with E-state index >= 15 is 0 Å². The molecule has 0 aliphatic carbocycles. The van der Waals surface area contributed by atoms with E-state index in [9.17, 15) is 4.79 Å². The Morgan fingerprint density at radius 2 is 2.06 bits per heavy atom. The summed E-state index contributed by atoms with van der Waals surface area (Å²) in [7, 11) is 0. The topological polar surface area (TPSA) is 69.0 Å². The SMILES string of the molecule is C=CCn1c(SCC(=O)Nc2ccc(Cl)c(Cl)c2)nnc1C(C)Oc1cccc(C)c1. The summed E-state index contributed by atoms with van der Waals surface area (Å²) in [5, 5.41) is 12.8. The molecule has 0 bridgehead atoms. The molecule has 1 atom stereocenters. The van der Waals surface area contributed by atoms with Crippen molar-refractivity contribution in [2.75, 3.05) is 11.1 Å². The molecule has 162 valence electrons. The van der Waals surface area contributed by atoms with Crippen LogP contribution in [0, 0.1) is 6.92 Å². The van der Waals surface area contributed by atoms with E-state index in [0.29, 0.717) is 33.3 Å². The van der Waals surface area contributed by atoms with Gasteiger partial charge >= 0.3 is 0 Å². The number of allylic oxidation sites excluding steroid dienone is 1. The first-order valence-electron chi connectivity index (χ1n) is 9.52. The van der Waals surface area contributed by atoms with Crippen LogP contribution in [0.4, 0.5) is 5.69 Å². The average Bonchev–Trinajstić information content (AvgIpc) is 3.12. The molecule has 1 unspecified atom stereocenters. The van der Waals surface area contributed by atoms with Crippen LogP contribution in [-0.2, 0) is 11.3 Å². The van der Waals surface area contributed by atoms with Crippen molar-refractivity contribution in [2.24, 2.45) is 0 Å². The summed E-state index contributed by atoms with van der Waals surface area (Å²) >= 11 is 13.2. The van der Waals surface area contributed by atoms with Crippen LogP contribution in [0.15, 0.2) is 60.3 Å². The smallest absolute Gasteiger partial charge is 0.234 e. The van der Waals surface area contributed by atoms with Gasteiger partial charge in [0, 0.05) is 12.2 Å². The minimum atomic E-state index is -0.325. The Bertz CT molecular complexity index is 1090. The number of aryl methyl sites for hydroxylation is 1. The average molecular weight is 477 g/mol. The summed E-state index contributed by atoms with van der Waals surface area (Å²) in [6.45, 7) is 8.23. The molecule has 31 heavy (non-hydrogen) atoms. The third-order valence-electron chi connectivity index (χ3n) is 4.26. The standard InChI is InChI=1S/C22H22Cl2N4O2S/c1-4-10-28-21(15(3)30-17-7-5-6-14(2)11-17)26-27-22(28)31-13-20(29)25-16-8-9-18(23)19(24)12-16/h4-9,11-12,15H,1,10,13H2,2-3H3,(H,25,29). The summed E-state index contributed by atoms with van der Waals surface area (Å²) in [4.78, 5) is 12.4. The largest absolute Gasteiger partial charge is 0.483 e. The first kappa shape index (κ1) is 23.2. The summed E-state index contributed by atoms with van der Waals surface area (Å²) in [6, 6.07) is 12.8. The fourth-order valence-corrected chi connectivity index (χ4v) is 3.91. The number of anilines is 1. The lowest BCUT2D eigenvalue weighted by Gasteiger charge is -2.16. The number of thioether (sulfide) groups is 1. The van der Waals surface area contributed by atoms with Gasteiger partial charge in [-0.05, 0) is 49.7 Å². The number of rotatable bonds is 9. The molecule has 1 amide bonds. The number of nitrogens with one attached hydrogen (secondary N) is 1. The zero-order chi connectivity index (χ0) is 22.4. The minimum absolute atomic E-state index is 0.155. The zero-order valence-electron chi connectivity index (χ0n) is 17.1. The minimum Gasteiger partial charge on any atom is -0.483 e. The van der Waals surface area contributed by atoms with E-state index < -0.39 is 0 Å². The molecule has 1 aromatic heterocycles. The highest BCUT2D eigenvalue weighted by Gasteiger charge is 2.20. The molecule has 9 heteroatoms. The fourth-order valence-electron chi connectivity index (χ4n) is 2.85. The van der Waals surface area contributed by atoms with Gasteiger partial charge in [-0.2, -0.15) is 0 Å². The third kappa shape index (κ3) is 6.26. The Morgan fingerprint density at radius 3 is 2.77 bits per heavy atom. The van der Waals surface area contributed by atoms with Gasteiger partial charge in [-0.15, -0.1) is 16.8 Å². The van der Waals surface area contributed by atoms with Gasteiger partial charge < -0.3 is 10.1 Å². The molecule has 0 fully saturated rings. The maximum atomic E-state index is 12.4. The molecule has 0 saturated heterocycles. The van der Waals surface area contributed by atoms with Crippen molar-refractivity contribution in [3.05, 3.63) is 76.6 Å². The number of hydrogen-bond donors (Lipinski definition) is 1. The van der Waals surface area contributed by atoms with E-state index in [1.54, 1.807) is 24.3 Å². The van der Waals surface area contributed by atoms with Gasteiger partial charge in [-0.25, -0.2) is 0 Å². The maximum absolute atomic E-state index is 12.4. The Balaban J connectivity index is 1.67. The van der Waals surface area contributed by atoms with Crippen LogP contribution < -0.4 is 10.1 Å². The summed E-state index contributed by atoms with van der Waals surface area (Å²) in [6.07, 6.45) is 1.43. The predicted octanol–water partition coefficient (Wildman–Crippen LogP) is 5.95. The van der Waals surface area contributed by atoms with E-state index in [1.807, 2.05) is 42.7 Å². The maximum Gasteiger partial charge on any atom is 0.234 e. The number of nitrogens with zero attached hydrogens (tertiary/aromatic N) is 3. The number of hydrogen-bond acceptors (Lipinski definition) is 5. The predicted molar refractivity (Wildman–Crippen MR) is 126 cm³/mol. The molecule has 3 aromatic rings. The first-order valence-corrected chi connectivity index (χ1v) is 11.3. The molecule has 2 aromatic carbocycles. The Morgan fingerprint density at radius 1 is 1.26 bits per heavy atom. The highest BCUT2D eigenvalue weighted by molar-refractivity contribution is 7.99. The van der Waals surface area contributed by atoms with E-state index in [0.717, 1.165) is 11.3 Å². The van der Waals surface area contributed by atoms with Crippen molar-refractivity contribution in [2.45, 2.75) is 31.7 Å². The summed E-state index contributed by atoms with van der Waals surface area (Å²) < 4.78 is 7.93. The summed E-state index contributed by atoms with van der Waals surface area (Å²) in [5.74, 6) is 1.38. The van der Waals surface area contributed by atoms with Crippen LogP contribution in [0.5, 0.6) is 5.75 Å². The van der Waals surface area contributed by atoms with Crippen LogP contribution in [-0.4, -0.2) is 26.4 Å². The first-order chi connectivity index (χ1) is 14.9. The van der Waals surface area contributed by atoms with Gasteiger partial charge in [0.2, 0.25) is 5.91 Å². The second kappa shape index (κ2) is 10.7. The van der Waals surface area contributed by atoms with Crippen LogP contribution >= 0.6 is 35.0 Å². The van der Waals surface area contributed by atoms with E-state index in [4.69, 9.17) is 27.9 Å². The summed E-state index contributed by atoms with van der Waals surface area (Å²) in [5.41, 5.74) is 1.69. The molecule has 0 spiro atoms. The van der Waals surface area contributed by atoms with Gasteiger partial charge in [0.15, 0.2) is 17.1 Å². The second-order valence-corrected chi connectivity index (χ2v) is 8.54. The number of carbonyl (C=O) groups is 1. The molecule has 1 N–H and O–H groups in total. The highest BCUT2D eigenvalue weighted by Crippen LogP contribution is 2.27. The number of halogens is 2. The molecule has 0 saturated carbocycles. The highest BCUT2D eigenvalue weighted by atomic mass is 35.5. The number of benzene rings is 2.